The van der Waals surface area contributed by atoms with Crippen molar-refractivity contribution < 1.29 is 14.7 Å². The summed E-state index contributed by atoms with van der Waals surface area (Å²) < 4.78 is 0. The standard InChI is InChI=1S/C17H23NO3/c1-11-6-7-12(2)14(9-11)10-16(19)18-8-4-5-15(13(18)3)17(20)21/h6-7,9,13,15H,4-5,8,10H2,1-3H3,(H,20,21)/t13-,15-/m1/s1. The highest BCUT2D eigenvalue weighted by atomic mass is 16.4. The average Bonchev–Trinajstić information content (AvgIpc) is 2.42. The lowest BCUT2D eigenvalue weighted by Crippen LogP contribution is -2.49. The Hall–Kier alpha value is -1.84. The van der Waals surface area contributed by atoms with Crippen LogP contribution >= 0.6 is 0 Å². The van der Waals surface area contributed by atoms with E-state index in [1.54, 1.807) is 4.90 Å². The molecule has 2 rings (SSSR count). The number of nitrogens with zero attached hydrogens (tertiary/aromatic N) is 1. The van der Waals surface area contributed by atoms with Crippen molar-refractivity contribution in [2.24, 2.45) is 5.92 Å². The van der Waals surface area contributed by atoms with Gasteiger partial charge in [0.25, 0.3) is 0 Å². The van der Waals surface area contributed by atoms with Crippen LogP contribution in [-0.4, -0.2) is 34.5 Å². The van der Waals surface area contributed by atoms with Crippen LogP contribution in [0.2, 0.25) is 0 Å². The Kier molecular flexibility index (Phi) is 4.66. The minimum Gasteiger partial charge on any atom is -0.481 e. The molecule has 114 valence electrons. The quantitative estimate of drug-likeness (QED) is 0.930. The van der Waals surface area contributed by atoms with E-state index in [1.165, 1.54) is 0 Å². The summed E-state index contributed by atoms with van der Waals surface area (Å²) in [6.07, 6.45) is 1.77. The molecule has 0 unspecified atom stereocenters. The lowest BCUT2D eigenvalue weighted by molar-refractivity contribution is -0.148. The van der Waals surface area contributed by atoms with Crippen LogP contribution in [0.25, 0.3) is 0 Å². The van der Waals surface area contributed by atoms with Crippen LogP contribution in [0.5, 0.6) is 0 Å². The Bertz CT molecular complexity index is 553. The second-order valence-corrected chi connectivity index (χ2v) is 6.02. The van der Waals surface area contributed by atoms with Gasteiger partial charge >= 0.3 is 5.97 Å². The molecule has 1 heterocycles. The van der Waals surface area contributed by atoms with Gasteiger partial charge in [0.15, 0.2) is 0 Å². The van der Waals surface area contributed by atoms with Gasteiger partial charge in [-0.25, -0.2) is 0 Å². The molecular weight excluding hydrogens is 266 g/mol. The van der Waals surface area contributed by atoms with Gasteiger partial charge in [0.1, 0.15) is 0 Å². The third-order valence-electron chi connectivity index (χ3n) is 4.47. The summed E-state index contributed by atoms with van der Waals surface area (Å²) in [5.41, 5.74) is 3.27. The van der Waals surface area contributed by atoms with Crippen molar-refractivity contribution in [3.05, 3.63) is 34.9 Å². The monoisotopic (exact) mass is 289 g/mol. The van der Waals surface area contributed by atoms with Crippen LogP contribution in [-0.2, 0) is 16.0 Å². The molecule has 4 heteroatoms. The van der Waals surface area contributed by atoms with Gasteiger partial charge in [-0.05, 0) is 44.7 Å². The maximum absolute atomic E-state index is 12.5. The number of benzene rings is 1. The van der Waals surface area contributed by atoms with Crippen molar-refractivity contribution in [2.45, 2.75) is 46.1 Å². The lowest BCUT2D eigenvalue weighted by Gasteiger charge is -2.37. The Labute approximate surface area is 125 Å². The first-order valence-electron chi connectivity index (χ1n) is 7.48. The SMILES string of the molecule is Cc1ccc(C)c(CC(=O)N2CCC[C@@H](C(=O)O)[C@H]2C)c1. The number of carboxylic acid groups (broad SMARTS) is 1. The van der Waals surface area contributed by atoms with E-state index in [0.717, 1.165) is 23.1 Å². The van der Waals surface area contributed by atoms with Crippen LogP contribution in [0.15, 0.2) is 18.2 Å². The summed E-state index contributed by atoms with van der Waals surface area (Å²) in [5.74, 6) is -1.21. The number of carboxylic acids is 1. The number of hydrogen-bond donors (Lipinski definition) is 1. The van der Waals surface area contributed by atoms with Gasteiger partial charge in [-0.2, -0.15) is 0 Å². The Balaban J connectivity index is 2.12. The largest absolute Gasteiger partial charge is 0.481 e. The summed E-state index contributed by atoms with van der Waals surface area (Å²) in [6, 6.07) is 5.87. The average molecular weight is 289 g/mol. The first-order valence-corrected chi connectivity index (χ1v) is 7.48. The number of hydrogen-bond acceptors (Lipinski definition) is 2. The number of rotatable bonds is 3. The summed E-state index contributed by atoms with van der Waals surface area (Å²) in [6.45, 7) is 6.52. The van der Waals surface area contributed by atoms with Crippen molar-refractivity contribution in [3.63, 3.8) is 0 Å². The van der Waals surface area contributed by atoms with Crippen molar-refractivity contribution >= 4 is 11.9 Å². The van der Waals surface area contributed by atoms with E-state index in [4.69, 9.17) is 0 Å². The number of amides is 1. The number of carbonyl (C=O) groups is 2. The van der Waals surface area contributed by atoms with Crippen molar-refractivity contribution in [2.75, 3.05) is 6.54 Å². The molecule has 0 radical (unpaired) electrons. The first kappa shape index (κ1) is 15.5. The Morgan fingerprint density at radius 1 is 1.33 bits per heavy atom. The highest BCUT2D eigenvalue weighted by Gasteiger charge is 2.35. The maximum atomic E-state index is 12.5. The number of likely N-dealkylation sites (tertiary alicyclic amines) is 1. The van der Waals surface area contributed by atoms with E-state index in [-0.39, 0.29) is 11.9 Å². The van der Waals surface area contributed by atoms with Gasteiger partial charge in [0.2, 0.25) is 5.91 Å². The molecule has 0 bridgehead atoms. The topological polar surface area (TPSA) is 57.6 Å². The molecule has 2 atom stereocenters. The third kappa shape index (κ3) is 3.43. The molecule has 1 amide bonds. The fourth-order valence-corrected chi connectivity index (χ4v) is 3.08. The molecule has 1 saturated heterocycles. The number of aryl methyl sites for hydroxylation is 2. The first-order chi connectivity index (χ1) is 9.90. The number of aliphatic carboxylic acids is 1. The van der Waals surface area contributed by atoms with E-state index < -0.39 is 11.9 Å². The normalized spacial score (nSPS) is 22.1. The molecule has 1 aliphatic heterocycles. The molecule has 1 aliphatic rings. The van der Waals surface area contributed by atoms with Gasteiger partial charge in [-0.15, -0.1) is 0 Å². The predicted molar refractivity (Wildman–Crippen MR) is 81.2 cm³/mol. The van der Waals surface area contributed by atoms with Crippen LogP contribution in [0.3, 0.4) is 0 Å². The van der Waals surface area contributed by atoms with Gasteiger partial charge in [-0.3, -0.25) is 9.59 Å². The molecule has 1 N–H and O–H groups in total. The van der Waals surface area contributed by atoms with E-state index in [1.807, 2.05) is 39.0 Å². The molecule has 0 saturated carbocycles. The van der Waals surface area contributed by atoms with Gasteiger partial charge in [0.05, 0.1) is 12.3 Å². The molecule has 4 nitrogen and oxygen atoms in total. The zero-order chi connectivity index (χ0) is 15.6. The zero-order valence-electron chi connectivity index (χ0n) is 12.9. The molecule has 0 aliphatic carbocycles. The van der Waals surface area contributed by atoms with Crippen LogP contribution in [0, 0.1) is 19.8 Å². The van der Waals surface area contributed by atoms with Gasteiger partial charge in [0, 0.05) is 12.6 Å². The maximum Gasteiger partial charge on any atom is 0.308 e. The summed E-state index contributed by atoms with van der Waals surface area (Å²) in [5, 5.41) is 9.24. The summed E-state index contributed by atoms with van der Waals surface area (Å²) in [7, 11) is 0. The molecule has 1 aromatic rings. The van der Waals surface area contributed by atoms with Gasteiger partial charge in [-0.1, -0.05) is 23.8 Å². The van der Waals surface area contributed by atoms with Crippen molar-refractivity contribution in [3.8, 4) is 0 Å². The van der Waals surface area contributed by atoms with E-state index >= 15 is 0 Å². The summed E-state index contributed by atoms with van der Waals surface area (Å²) in [4.78, 5) is 25.5. The predicted octanol–water partition coefficient (Wildman–Crippen LogP) is 2.56. The van der Waals surface area contributed by atoms with Gasteiger partial charge < -0.3 is 10.0 Å². The molecule has 0 spiro atoms. The highest BCUT2D eigenvalue weighted by Crippen LogP contribution is 2.25. The highest BCUT2D eigenvalue weighted by molar-refractivity contribution is 5.81. The smallest absolute Gasteiger partial charge is 0.308 e. The Morgan fingerprint density at radius 3 is 2.71 bits per heavy atom. The summed E-state index contributed by atoms with van der Waals surface area (Å²) >= 11 is 0. The van der Waals surface area contributed by atoms with Crippen molar-refractivity contribution in [1.82, 2.24) is 4.90 Å². The molecule has 0 aromatic heterocycles. The van der Waals surface area contributed by atoms with Crippen LogP contribution < -0.4 is 0 Å². The molecule has 21 heavy (non-hydrogen) atoms. The minimum atomic E-state index is -0.799. The fraction of sp³-hybridized carbons (Fsp3) is 0.529. The van der Waals surface area contributed by atoms with Crippen molar-refractivity contribution in [1.29, 1.82) is 0 Å². The third-order valence-corrected chi connectivity index (χ3v) is 4.47. The molecular formula is C17H23NO3. The number of carbonyl (C=O) groups excluding carboxylic acids is 1. The Morgan fingerprint density at radius 2 is 2.05 bits per heavy atom. The van der Waals surface area contributed by atoms with Crippen LogP contribution in [0.1, 0.15) is 36.5 Å². The fourth-order valence-electron chi connectivity index (χ4n) is 3.08. The zero-order valence-corrected chi connectivity index (χ0v) is 12.9. The number of piperidine rings is 1. The van der Waals surface area contributed by atoms with Crippen LogP contribution in [0.4, 0.5) is 0 Å². The van der Waals surface area contributed by atoms with E-state index in [2.05, 4.69) is 0 Å². The second-order valence-electron chi connectivity index (χ2n) is 6.02. The minimum absolute atomic E-state index is 0.0298. The second kappa shape index (κ2) is 6.29. The van der Waals surface area contributed by atoms with E-state index in [0.29, 0.717) is 19.4 Å². The molecule has 1 fully saturated rings. The van der Waals surface area contributed by atoms with E-state index in [9.17, 15) is 14.7 Å². The lowest BCUT2D eigenvalue weighted by atomic mass is 9.89. The molecule has 1 aromatic carbocycles.